The van der Waals surface area contributed by atoms with Crippen LogP contribution in [0.5, 0.6) is 0 Å². The third-order valence-corrected chi connectivity index (χ3v) is 11.0. The highest BCUT2D eigenvalue weighted by atomic mass is 35.5. The van der Waals surface area contributed by atoms with Crippen LogP contribution in [0.4, 0.5) is 14.4 Å². The zero-order valence-corrected chi connectivity index (χ0v) is 40.8. The van der Waals surface area contributed by atoms with Crippen LogP contribution in [0.1, 0.15) is 107 Å². The molecule has 0 aromatic heterocycles. The normalized spacial score (nSPS) is 16.7. The molecule has 14 heteroatoms. The van der Waals surface area contributed by atoms with Gasteiger partial charge in [0.2, 0.25) is 5.91 Å². The van der Waals surface area contributed by atoms with Crippen molar-refractivity contribution in [3.63, 3.8) is 0 Å². The van der Waals surface area contributed by atoms with Gasteiger partial charge in [0, 0.05) is 67.4 Å². The number of rotatable bonds is 16. The Morgan fingerprint density at radius 3 is 2.06 bits per heavy atom. The fourth-order valence-corrected chi connectivity index (χ4v) is 8.29. The van der Waals surface area contributed by atoms with Crippen LogP contribution in [0.25, 0.3) is 10.8 Å². The smallest absolute Gasteiger partial charge is 0.410 e. The minimum absolute atomic E-state index is 0.0561. The van der Waals surface area contributed by atoms with Crippen molar-refractivity contribution in [2.75, 3.05) is 39.3 Å². The van der Waals surface area contributed by atoms with Crippen molar-refractivity contribution in [3.05, 3.63) is 81.8 Å². The molecule has 12 nitrogen and oxygen atoms in total. The van der Waals surface area contributed by atoms with Gasteiger partial charge >= 0.3 is 18.3 Å². The van der Waals surface area contributed by atoms with E-state index in [-0.39, 0.29) is 37.5 Å². The second kappa shape index (κ2) is 22.6. The van der Waals surface area contributed by atoms with Crippen LogP contribution >= 0.6 is 23.2 Å². The highest BCUT2D eigenvalue weighted by molar-refractivity contribution is 6.35. The molecule has 0 unspecified atom stereocenters. The summed E-state index contributed by atoms with van der Waals surface area (Å²) in [6.07, 6.45) is 1.07. The molecule has 3 aromatic rings. The van der Waals surface area contributed by atoms with Crippen LogP contribution in [0.2, 0.25) is 10.0 Å². The SMILES string of the molecule is CC(C)C[C@@H]1CN(C[C@@H](Cc2ccc(Cl)cc2Cl)NC(=O)OC(C)(C)C)[C@@H](CCCN(CCNC(=O)OC(C)(C)C)C(=O)OC(C)(C)C)CN1C(=O)Cc1ccc2ccccc2c1. The second-order valence-electron chi connectivity index (χ2n) is 20.1. The van der Waals surface area contributed by atoms with E-state index in [0.29, 0.717) is 61.4 Å². The number of carbonyl (C=O) groups is 4. The molecule has 63 heavy (non-hydrogen) atoms. The first kappa shape index (κ1) is 51.4. The van der Waals surface area contributed by atoms with E-state index in [1.54, 1.807) is 37.8 Å². The lowest BCUT2D eigenvalue weighted by atomic mass is 9.93. The van der Waals surface area contributed by atoms with Gasteiger partial charge in [0.15, 0.2) is 0 Å². The average molecular weight is 913 g/mol. The van der Waals surface area contributed by atoms with Crippen molar-refractivity contribution < 1.29 is 33.4 Å². The molecule has 0 aliphatic carbocycles. The third kappa shape index (κ3) is 18.0. The summed E-state index contributed by atoms with van der Waals surface area (Å²) in [5.74, 6) is 0.366. The number of hydrogen-bond acceptors (Lipinski definition) is 8. The van der Waals surface area contributed by atoms with Gasteiger partial charge in [-0.15, -0.1) is 0 Å². The van der Waals surface area contributed by atoms with Crippen LogP contribution in [0.15, 0.2) is 60.7 Å². The number of piperazine rings is 1. The lowest BCUT2D eigenvalue weighted by molar-refractivity contribution is -0.138. The topological polar surface area (TPSA) is 130 Å². The standard InChI is InChI=1S/C49H71Cl2N5O7/c1-33(2)25-41-31-55(30-39(53-45(59)62-48(6,7)8)28-37-20-21-38(50)29-42(37)51)40(32-56(41)43(57)27-34-18-19-35-15-12-13-16-36(35)26-34)17-14-23-54(46(60)63-49(9,10)11)24-22-52-44(58)61-47(3,4)5/h12-13,15-16,18-21,26,29,33,39-41H,14,17,22-25,27-28,30-32H2,1-11H3,(H,52,58)(H,53,59)/t39-,40+,41-/m1/s1. The molecule has 1 fully saturated rings. The summed E-state index contributed by atoms with van der Waals surface area (Å²) in [4.78, 5) is 60.0. The molecule has 0 bridgehead atoms. The van der Waals surface area contributed by atoms with Gasteiger partial charge in [0.05, 0.1) is 6.42 Å². The summed E-state index contributed by atoms with van der Waals surface area (Å²) < 4.78 is 16.9. The van der Waals surface area contributed by atoms with E-state index in [2.05, 4.69) is 58.5 Å². The van der Waals surface area contributed by atoms with Crippen molar-refractivity contribution in [1.82, 2.24) is 25.3 Å². The Bertz CT molecular complexity index is 2010. The summed E-state index contributed by atoms with van der Waals surface area (Å²) in [6, 6.07) is 19.0. The second-order valence-corrected chi connectivity index (χ2v) is 21.0. The Morgan fingerprint density at radius 1 is 0.778 bits per heavy atom. The largest absolute Gasteiger partial charge is 0.444 e. The first-order valence-electron chi connectivity index (χ1n) is 22.2. The molecule has 1 heterocycles. The summed E-state index contributed by atoms with van der Waals surface area (Å²) >= 11 is 13.0. The average Bonchev–Trinajstić information content (AvgIpc) is 3.13. The summed E-state index contributed by atoms with van der Waals surface area (Å²) in [5, 5.41) is 9.12. The van der Waals surface area contributed by atoms with Crippen molar-refractivity contribution in [1.29, 1.82) is 0 Å². The molecule has 0 spiro atoms. The fourth-order valence-electron chi connectivity index (χ4n) is 7.80. The lowest BCUT2D eigenvalue weighted by Gasteiger charge is -2.48. The minimum Gasteiger partial charge on any atom is -0.444 e. The maximum Gasteiger partial charge on any atom is 0.410 e. The number of amides is 4. The third-order valence-electron chi connectivity index (χ3n) is 10.4. The predicted molar refractivity (Wildman–Crippen MR) is 253 cm³/mol. The highest BCUT2D eigenvalue weighted by Gasteiger charge is 2.38. The molecule has 4 rings (SSSR count). The lowest BCUT2D eigenvalue weighted by Crippen LogP contribution is -2.62. The van der Waals surface area contributed by atoms with Gasteiger partial charge in [-0.2, -0.15) is 0 Å². The molecule has 1 aliphatic heterocycles. The van der Waals surface area contributed by atoms with Crippen LogP contribution in [-0.4, -0.2) is 113 Å². The van der Waals surface area contributed by atoms with Crippen LogP contribution in [-0.2, 0) is 31.8 Å². The summed E-state index contributed by atoms with van der Waals surface area (Å²) in [6.45, 7) is 22.8. The summed E-state index contributed by atoms with van der Waals surface area (Å²) in [7, 11) is 0. The van der Waals surface area contributed by atoms with E-state index in [4.69, 9.17) is 37.4 Å². The Labute approximate surface area is 385 Å². The number of halogens is 2. The Hall–Kier alpha value is -4.26. The maximum atomic E-state index is 14.5. The molecular weight excluding hydrogens is 841 g/mol. The van der Waals surface area contributed by atoms with Crippen molar-refractivity contribution in [2.45, 2.75) is 143 Å². The van der Waals surface area contributed by atoms with Gasteiger partial charge in [0.1, 0.15) is 16.8 Å². The van der Waals surface area contributed by atoms with Crippen molar-refractivity contribution in [2.24, 2.45) is 5.92 Å². The molecular formula is C49H71Cl2N5O7. The Balaban J connectivity index is 1.65. The van der Waals surface area contributed by atoms with Crippen LogP contribution in [0.3, 0.4) is 0 Å². The monoisotopic (exact) mass is 911 g/mol. The Morgan fingerprint density at radius 2 is 1.43 bits per heavy atom. The number of ether oxygens (including phenoxy) is 3. The van der Waals surface area contributed by atoms with E-state index < -0.39 is 41.1 Å². The molecule has 1 aliphatic rings. The van der Waals surface area contributed by atoms with Gasteiger partial charge in [-0.3, -0.25) is 9.69 Å². The first-order valence-corrected chi connectivity index (χ1v) is 23.0. The minimum atomic E-state index is -0.728. The van der Waals surface area contributed by atoms with E-state index >= 15 is 0 Å². The van der Waals surface area contributed by atoms with Gasteiger partial charge < -0.3 is 34.6 Å². The van der Waals surface area contributed by atoms with Gasteiger partial charge in [-0.05, 0) is 128 Å². The Kier molecular flexibility index (Phi) is 18.4. The number of nitrogens with one attached hydrogen (secondary N) is 2. The van der Waals surface area contributed by atoms with E-state index in [1.165, 1.54) is 0 Å². The highest BCUT2D eigenvalue weighted by Crippen LogP contribution is 2.28. The molecule has 3 atom stereocenters. The molecule has 4 amide bonds. The molecule has 1 saturated heterocycles. The quantitative estimate of drug-likeness (QED) is 0.136. The molecule has 0 saturated carbocycles. The number of carbonyl (C=O) groups excluding carboxylic acids is 4. The number of nitrogens with zero attached hydrogens (tertiary/aromatic N) is 3. The fraction of sp³-hybridized carbons (Fsp3) is 0.592. The van der Waals surface area contributed by atoms with E-state index in [1.807, 2.05) is 65.8 Å². The predicted octanol–water partition coefficient (Wildman–Crippen LogP) is 10.3. The summed E-state index contributed by atoms with van der Waals surface area (Å²) in [5.41, 5.74) is -0.321. The van der Waals surface area contributed by atoms with Gasteiger partial charge in [-0.1, -0.05) is 85.6 Å². The van der Waals surface area contributed by atoms with Gasteiger partial charge in [0.25, 0.3) is 0 Å². The molecule has 348 valence electrons. The maximum absolute atomic E-state index is 14.5. The zero-order chi connectivity index (χ0) is 46.7. The number of hydrogen-bond donors (Lipinski definition) is 2. The zero-order valence-electron chi connectivity index (χ0n) is 39.3. The van der Waals surface area contributed by atoms with Gasteiger partial charge in [-0.25, -0.2) is 14.4 Å². The van der Waals surface area contributed by atoms with E-state index in [0.717, 1.165) is 28.3 Å². The van der Waals surface area contributed by atoms with Crippen molar-refractivity contribution >= 4 is 58.2 Å². The number of fused-ring (bicyclic) bond motifs is 1. The van der Waals surface area contributed by atoms with Crippen LogP contribution in [0, 0.1) is 5.92 Å². The van der Waals surface area contributed by atoms with E-state index in [9.17, 15) is 19.2 Å². The molecule has 2 N–H and O–H groups in total. The number of alkyl carbamates (subject to hydrolysis) is 2. The van der Waals surface area contributed by atoms with Crippen molar-refractivity contribution in [3.8, 4) is 0 Å². The first-order chi connectivity index (χ1) is 29.3. The molecule has 0 radical (unpaired) electrons. The number of benzene rings is 3. The van der Waals surface area contributed by atoms with Crippen LogP contribution < -0.4 is 10.6 Å². The molecule has 3 aromatic carbocycles.